The molecule has 3 aromatic rings. The van der Waals surface area contributed by atoms with E-state index >= 15 is 0 Å². The molecule has 1 N–H and O–H groups in total. The zero-order chi connectivity index (χ0) is 19.7. The van der Waals surface area contributed by atoms with Crippen LogP contribution in [-0.2, 0) is 14.8 Å². The van der Waals surface area contributed by atoms with E-state index in [1.54, 1.807) is 29.2 Å². The largest absolute Gasteiger partial charge is 0.339 e. The molecule has 0 saturated carbocycles. The van der Waals surface area contributed by atoms with Gasteiger partial charge in [-0.1, -0.05) is 36.4 Å². The Bertz CT molecular complexity index is 1090. The van der Waals surface area contributed by atoms with E-state index in [0.717, 1.165) is 10.9 Å². The number of hydrogen-bond acceptors (Lipinski definition) is 3. The van der Waals surface area contributed by atoms with E-state index in [9.17, 15) is 13.2 Å². The van der Waals surface area contributed by atoms with Gasteiger partial charge in [-0.05, 0) is 43.0 Å². The fourth-order valence-electron chi connectivity index (χ4n) is 3.76. The smallest absolute Gasteiger partial charge is 0.245 e. The number of carbonyl (C=O) groups is 1. The Hall–Kier alpha value is -2.80. The number of fused-ring (bicyclic) bond motifs is 1. The Kier molecular flexibility index (Phi) is 4.85. The van der Waals surface area contributed by atoms with Gasteiger partial charge in [0, 0.05) is 30.5 Å². The maximum Gasteiger partial charge on any atom is 0.245 e. The maximum atomic E-state index is 13.0. The number of para-hydroxylation sites is 2. The highest BCUT2D eigenvalue weighted by atomic mass is 32.2. The molecule has 28 heavy (non-hydrogen) atoms. The first kappa shape index (κ1) is 18.6. The van der Waals surface area contributed by atoms with E-state index in [-0.39, 0.29) is 18.5 Å². The summed E-state index contributed by atoms with van der Waals surface area (Å²) >= 11 is 0. The fourth-order valence-corrected chi connectivity index (χ4v) is 5.18. The van der Waals surface area contributed by atoms with Crippen LogP contribution in [0.3, 0.4) is 0 Å². The van der Waals surface area contributed by atoms with Gasteiger partial charge in [0.05, 0.1) is 5.25 Å². The SMILES string of the molecule is CC(C(=O)N1CCC(S(=O)(=O)Nc2ccccc2)C1)n1ccc2ccccc21. The average molecular weight is 398 g/mol. The summed E-state index contributed by atoms with van der Waals surface area (Å²) in [4.78, 5) is 14.7. The van der Waals surface area contributed by atoms with Crippen molar-refractivity contribution in [3.05, 3.63) is 66.9 Å². The molecule has 6 nitrogen and oxygen atoms in total. The molecular weight excluding hydrogens is 374 g/mol. The van der Waals surface area contributed by atoms with Crippen LogP contribution in [-0.4, -0.2) is 42.1 Å². The first-order valence-corrected chi connectivity index (χ1v) is 10.9. The third-order valence-electron chi connectivity index (χ3n) is 5.33. The van der Waals surface area contributed by atoms with Gasteiger partial charge in [0.15, 0.2) is 0 Å². The Morgan fingerprint density at radius 1 is 1.07 bits per heavy atom. The molecule has 1 aliphatic rings. The summed E-state index contributed by atoms with van der Waals surface area (Å²) in [5, 5.41) is 0.473. The second kappa shape index (κ2) is 7.31. The zero-order valence-corrected chi connectivity index (χ0v) is 16.5. The van der Waals surface area contributed by atoms with Gasteiger partial charge >= 0.3 is 0 Å². The standard InChI is InChI=1S/C21H23N3O3S/c1-16(24-14-11-17-7-5-6-10-20(17)24)21(25)23-13-12-19(15-23)28(26,27)22-18-8-3-2-4-9-18/h2-11,14,16,19,22H,12-13,15H2,1H3. The lowest BCUT2D eigenvalue weighted by Crippen LogP contribution is -2.37. The van der Waals surface area contributed by atoms with Gasteiger partial charge in [-0.3, -0.25) is 9.52 Å². The van der Waals surface area contributed by atoms with Gasteiger partial charge in [-0.15, -0.1) is 0 Å². The molecule has 2 unspecified atom stereocenters. The lowest BCUT2D eigenvalue weighted by atomic mass is 10.2. The van der Waals surface area contributed by atoms with Gasteiger partial charge in [-0.2, -0.15) is 0 Å². The molecule has 0 radical (unpaired) electrons. The summed E-state index contributed by atoms with van der Waals surface area (Å²) in [5.74, 6) is -0.0567. The highest BCUT2D eigenvalue weighted by Gasteiger charge is 2.36. The Morgan fingerprint density at radius 3 is 2.57 bits per heavy atom. The first-order valence-electron chi connectivity index (χ1n) is 9.37. The predicted molar refractivity (Wildman–Crippen MR) is 111 cm³/mol. The second-order valence-electron chi connectivity index (χ2n) is 7.17. The Balaban J connectivity index is 1.47. The molecule has 1 amide bonds. The van der Waals surface area contributed by atoms with E-state index < -0.39 is 15.3 Å². The number of anilines is 1. The monoisotopic (exact) mass is 397 g/mol. The quantitative estimate of drug-likeness (QED) is 0.718. The van der Waals surface area contributed by atoms with Gasteiger partial charge in [0.1, 0.15) is 6.04 Å². The van der Waals surface area contributed by atoms with Crippen LogP contribution < -0.4 is 4.72 Å². The topological polar surface area (TPSA) is 71.4 Å². The van der Waals surface area contributed by atoms with Gasteiger partial charge in [0.25, 0.3) is 0 Å². The van der Waals surface area contributed by atoms with Crippen molar-refractivity contribution in [3.63, 3.8) is 0 Å². The number of likely N-dealkylation sites (tertiary alicyclic amines) is 1. The number of sulfonamides is 1. The minimum atomic E-state index is -3.54. The van der Waals surface area contributed by atoms with Crippen LogP contribution >= 0.6 is 0 Å². The highest BCUT2D eigenvalue weighted by Crippen LogP contribution is 2.25. The number of amides is 1. The minimum absolute atomic E-state index is 0.0567. The van der Waals surface area contributed by atoms with Gasteiger partial charge in [0.2, 0.25) is 15.9 Å². The molecule has 7 heteroatoms. The Labute approximate surface area is 164 Å². The van der Waals surface area contributed by atoms with Crippen LogP contribution in [0, 0.1) is 0 Å². The van der Waals surface area contributed by atoms with Crippen LogP contribution in [0.25, 0.3) is 10.9 Å². The summed E-state index contributed by atoms with van der Waals surface area (Å²) in [6, 6.07) is 18.3. The van der Waals surface area contributed by atoms with Crippen molar-refractivity contribution in [2.75, 3.05) is 17.8 Å². The molecule has 1 fully saturated rings. The van der Waals surface area contributed by atoms with Crippen LogP contribution in [0.2, 0.25) is 0 Å². The highest BCUT2D eigenvalue weighted by molar-refractivity contribution is 7.93. The fraction of sp³-hybridized carbons (Fsp3) is 0.286. The van der Waals surface area contributed by atoms with E-state index in [0.29, 0.717) is 18.7 Å². The molecule has 2 atom stereocenters. The summed E-state index contributed by atoms with van der Waals surface area (Å²) in [6.07, 6.45) is 2.35. The summed E-state index contributed by atoms with van der Waals surface area (Å²) in [7, 11) is -3.54. The second-order valence-corrected chi connectivity index (χ2v) is 9.13. The van der Waals surface area contributed by atoms with E-state index in [1.165, 1.54) is 0 Å². The van der Waals surface area contributed by atoms with Crippen molar-refractivity contribution >= 4 is 32.5 Å². The molecular formula is C21H23N3O3S. The van der Waals surface area contributed by atoms with Crippen LogP contribution in [0.15, 0.2) is 66.9 Å². The van der Waals surface area contributed by atoms with Crippen LogP contribution in [0.1, 0.15) is 19.4 Å². The summed E-state index contributed by atoms with van der Waals surface area (Å²) in [6.45, 7) is 2.52. The third kappa shape index (κ3) is 3.49. The zero-order valence-electron chi connectivity index (χ0n) is 15.7. The number of nitrogens with one attached hydrogen (secondary N) is 1. The number of nitrogens with zero attached hydrogens (tertiary/aromatic N) is 2. The molecule has 2 heterocycles. The number of benzene rings is 2. The van der Waals surface area contributed by atoms with Crippen molar-refractivity contribution < 1.29 is 13.2 Å². The number of hydrogen-bond donors (Lipinski definition) is 1. The van der Waals surface area contributed by atoms with Gasteiger partial charge in [-0.25, -0.2) is 8.42 Å². The van der Waals surface area contributed by atoms with Crippen LogP contribution in [0.4, 0.5) is 5.69 Å². The number of rotatable bonds is 5. The normalized spacial score (nSPS) is 18.3. The van der Waals surface area contributed by atoms with E-state index in [2.05, 4.69) is 4.72 Å². The third-order valence-corrected chi connectivity index (χ3v) is 7.12. The van der Waals surface area contributed by atoms with Crippen LogP contribution in [0.5, 0.6) is 0 Å². The lowest BCUT2D eigenvalue weighted by molar-refractivity contribution is -0.133. The molecule has 0 aliphatic carbocycles. The average Bonchev–Trinajstić information content (AvgIpc) is 3.35. The predicted octanol–water partition coefficient (Wildman–Crippen LogP) is 3.25. The number of carbonyl (C=O) groups excluding carboxylic acids is 1. The molecule has 0 spiro atoms. The van der Waals surface area contributed by atoms with E-state index in [4.69, 9.17) is 0 Å². The molecule has 146 valence electrons. The lowest BCUT2D eigenvalue weighted by Gasteiger charge is -2.23. The summed E-state index contributed by atoms with van der Waals surface area (Å²) in [5.41, 5.74) is 1.54. The van der Waals surface area contributed by atoms with Crippen molar-refractivity contribution in [2.45, 2.75) is 24.6 Å². The van der Waals surface area contributed by atoms with Crippen molar-refractivity contribution in [3.8, 4) is 0 Å². The molecule has 1 saturated heterocycles. The number of aromatic nitrogens is 1. The molecule has 4 rings (SSSR count). The van der Waals surface area contributed by atoms with Gasteiger partial charge < -0.3 is 9.47 Å². The Morgan fingerprint density at radius 2 is 1.79 bits per heavy atom. The molecule has 0 bridgehead atoms. The summed E-state index contributed by atoms with van der Waals surface area (Å²) < 4.78 is 30.0. The maximum absolute atomic E-state index is 13.0. The van der Waals surface area contributed by atoms with Crippen molar-refractivity contribution in [1.29, 1.82) is 0 Å². The minimum Gasteiger partial charge on any atom is -0.339 e. The molecule has 1 aromatic heterocycles. The van der Waals surface area contributed by atoms with Crippen molar-refractivity contribution in [2.24, 2.45) is 0 Å². The molecule has 1 aliphatic heterocycles. The molecule has 2 aromatic carbocycles. The van der Waals surface area contributed by atoms with Crippen molar-refractivity contribution in [1.82, 2.24) is 9.47 Å². The first-order chi connectivity index (χ1) is 13.5. The van der Waals surface area contributed by atoms with E-state index in [1.807, 2.05) is 54.1 Å².